The number of hydrogen-bond donors (Lipinski definition) is 1. The first-order valence-electron chi connectivity index (χ1n) is 6.27. The third-order valence-electron chi connectivity index (χ3n) is 1.90. The number of amides is 1. The van der Waals surface area contributed by atoms with Gasteiger partial charge in [0.25, 0.3) is 5.91 Å². The first-order chi connectivity index (χ1) is 11.5. The van der Waals surface area contributed by atoms with E-state index in [4.69, 9.17) is 47.0 Å². The normalized spacial score (nSPS) is 7.85. The van der Waals surface area contributed by atoms with E-state index in [1.807, 2.05) is 6.92 Å². The van der Waals surface area contributed by atoms with E-state index in [1.165, 1.54) is 0 Å². The number of ether oxygens (including phenoxy) is 1. The van der Waals surface area contributed by atoms with Gasteiger partial charge in [0, 0.05) is 10.7 Å². The standard InChI is InChI=1S/C12H15ClN2O2.2NO3.H2O.Zn/c1-8(2)14-15-12(16)7-17-11-5-4-10(13)6-9(11)3;2*2-1(3)4;;/h4-6H,7H2,1-3H3,(H,15,16);;;1H2;/q;2*-1;;+2. The Balaban J connectivity index is -0.000000225. The number of carbonyl (C=O) groups is 1. The molecule has 0 radical (unpaired) electrons. The zero-order chi connectivity index (χ0) is 20.0. The van der Waals surface area contributed by atoms with Gasteiger partial charge in [0.2, 0.25) is 0 Å². The Morgan fingerprint density at radius 3 is 2.00 bits per heavy atom. The Labute approximate surface area is 171 Å². The molecule has 0 saturated heterocycles. The average Bonchev–Trinajstić information content (AvgIpc) is 2.43. The number of hydrazone groups is 1. The van der Waals surface area contributed by atoms with Crippen LogP contribution < -0.4 is 10.2 Å². The van der Waals surface area contributed by atoms with E-state index in [0.29, 0.717) is 10.8 Å². The van der Waals surface area contributed by atoms with Crippen LogP contribution in [0.3, 0.4) is 0 Å². The minimum atomic E-state index is -1.75. The molecule has 27 heavy (non-hydrogen) atoms. The van der Waals surface area contributed by atoms with E-state index < -0.39 is 10.2 Å². The van der Waals surface area contributed by atoms with Crippen LogP contribution >= 0.6 is 11.6 Å². The number of nitrogens with one attached hydrogen (secondary N) is 1. The maximum atomic E-state index is 11.3. The van der Waals surface area contributed by atoms with Crippen molar-refractivity contribution in [3.8, 4) is 5.75 Å². The molecule has 1 amide bonds. The third-order valence-corrected chi connectivity index (χ3v) is 2.14. The van der Waals surface area contributed by atoms with Gasteiger partial charge in [-0.3, -0.25) is 4.79 Å². The van der Waals surface area contributed by atoms with Crippen molar-refractivity contribution in [3.63, 3.8) is 0 Å². The predicted octanol–water partition coefficient (Wildman–Crippen LogP) is 1.23. The van der Waals surface area contributed by atoms with Crippen LogP contribution in [0, 0.1) is 37.6 Å². The van der Waals surface area contributed by atoms with Crippen LogP contribution in [0.1, 0.15) is 19.4 Å². The Morgan fingerprint density at radius 1 is 1.19 bits per heavy atom. The molecule has 148 valence electrons. The summed E-state index contributed by atoms with van der Waals surface area (Å²) in [5.74, 6) is 0.349. The van der Waals surface area contributed by atoms with Gasteiger partial charge in [-0.1, -0.05) is 11.6 Å². The topological polar surface area (TPSA) is 215 Å². The van der Waals surface area contributed by atoms with Gasteiger partial charge in [-0.05, 0) is 44.5 Å². The Bertz CT molecular complexity index is 607. The fourth-order valence-electron chi connectivity index (χ4n) is 1.12. The van der Waals surface area contributed by atoms with Gasteiger partial charge in [0.1, 0.15) is 5.75 Å². The van der Waals surface area contributed by atoms with Gasteiger partial charge in [0.05, 0.1) is 10.2 Å². The van der Waals surface area contributed by atoms with E-state index in [0.717, 1.165) is 11.3 Å². The fraction of sp³-hybridized carbons (Fsp3) is 0.333. The van der Waals surface area contributed by atoms with Gasteiger partial charge in [0.15, 0.2) is 6.61 Å². The molecule has 0 spiro atoms. The summed E-state index contributed by atoms with van der Waals surface area (Å²) in [6, 6.07) is 5.23. The first kappa shape index (κ1) is 32.1. The van der Waals surface area contributed by atoms with Crippen molar-refractivity contribution in [3.05, 3.63) is 59.4 Å². The summed E-state index contributed by atoms with van der Waals surface area (Å²) in [6.45, 7) is 5.39. The van der Waals surface area contributed by atoms with Crippen LogP contribution in [0.25, 0.3) is 0 Å². The molecule has 0 unspecified atom stereocenters. The molecule has 0 heterocycles. The van der Waals surface area contributed by atoms with Crippen molar-refractivity contribution < 1.29 is 44.7 Å². The van der Waals surface area contributed by atoms with Gasteiger partial charge >= 0.3 is 19.5 Å². The van der Waals surface area contributed by atoms with Gasteiger partial charge < -0.3 is 40.9 Å². The summed E-state index contributed by atoms with van der Waals surface area (Å²) >= 11 is 5.81. The second-order valence-corrected chi connectivity index (χ2v) is 4.68. The molecule has 0 atom stereocenters. The number of carbonyl (C=O) groups excluding carboxylic acids is 1. The second-order valence-electron chi connectivity index (χ2n) is 4.24. The van der Waals surface area contributed by atoms with E-state index in [2.05, 4.69) is 10.5 Å². The number of rotatable bonds is 4. The molecule has 0 aliphatic heterocycles. The molecule has 1 aromatic carbocycles. The van der Waals surface area contributed by atoms with E-state index in [9.17, 15) is 4.79 Å². The van der Waals surface area contributed by atoms with Crippen LogP contribution in [0.5, 0.6) is 5.75 Å². The molecule has 13 nitrogen and oxygen atoms in total. The van der Waals surface area contributed by atoms with Crippen LogP contribution in [0.15, 0.2) is 23.3 Å². The number of hydrogen-bond acceptors (Lipinski definition) is 9. The van der Waals surface area contributed by atoms with Crippen molar-refractivity contribution in [1.82, 2.24) is 5.43 Å². The second kappa shape index (κ2) is 18.2. The van der Waals surface area contributed by atoms with Crippen molar-refractivity contribution in [2.24, 2.45) is 5.10 Å². The van der Waals surface area contributed by atoms with E-state index in [1.54, 1.807) is 32.0 Å². The molecule has 0 fully saturated rings. The Morgan fingerprint density at radius 2 is 1.63 bits per heavy atom. The molecule has 1 rings (SSSR count). The number of benzene rings is 1. The zero-order valence-corrected chi connectivity index (χ0v) is 18.4. The summed E-state index contributed by atoms with van der Waals surface area (Å²) < 4.78 is 5.35. The summed E-state index contributed by atoms with van der Waals surface area (Å²) in [4.78, 5) is 27.8. The summed E-state index contributed by atoms with van der Waals surface area (Å²) in [6.07, 6.45) is 0. The van der Waals surface area contributed by atoms with Gasteiger partial charge in [-0.2, -0.15) is 5.10 Å². The molecular weight excluding hydrogens is 445 g/mol. The fourth-order valence-corrected chi connectivity index (χ4v) is 1.35. The number of aryl methyl sites for hydroxylation is 1. The number of nitrogens with zero attached hydrogens (tertiary/aromatic N) is 3. The molecule has 15 heteroatoms. The number of halogens is 1. The Kier molecular flexibility index (Phi) is 21.7. The quantitative estimate of drug-likeness (QED) is 0.296. The Hall–Kier alpha value is -2.57. The minimum Gasteiger partial charge on any atom is -0.483 e. The first-order valence-corrected chi connectivity index (χ1v) is 6.65. The summed E-state index contributed by atoms with van der Waals surface area (Å²) in [7, 11) is 0. The molecule has 0 aliphatic rings. The molecule has 3 N–H and O–H groups in total. The van der Waals surface area contributed by atoms with Gasteiger partial charge in [-0.15, -0.1) is 0 Å². The predicted molar refractivity (Wildman–Crippen MR) is 92.9 cm³/mol. The smallest absolute Gasteiger partial charge is 0.483 e. The SMILES string of the molecule is CC(C)=NNC(=O)COc1ccc(Cl)cc1C.O.O=[N+]([O-])[O-].O=[N+]([O-])[O-].[Zn+2]. The molecule has 1 aromatic rings. The van der Waals surface area contributed by atoms with Crippen molar-refractivity contribution in [2.45, 2.75) is 20.8 Å². The van der Waals surface area contributed by atoms with Crippen molar-refractivity contribution >= 4 is 23.2 Å². The zero-order valence-electron chi connectivity index (χ0n) is 14.6. The third kappa shape index (κ3) is 25.8. The average molecular weight is 462 g/mol. The van der Waals surface area contributed by atoms with Crippen LogP contribution in [-0.4, -0.2) is 33.9 Å². The van der Waals surface area contributed by atoms with Crippen LogP contribution in [0.2, 0.25) is 5.02 Å². The maximum absolute atomic E-state index is 11.3. The molecular formula is C12H17ClN4O9Zn. The van der Waals surface area contributed by atoms with E-state index >= 15 is 0 Å². The molecule has 0 bridgehead atoms. The molecule has 0 aromatic heterocycles. The monoisotopic (exact) mass is 460 g/mol. The van der Waals surface area contributed by atoms with E-state index in [-0.39, 0.29) is 37.5 Å². The van der Waals surface area contributed by atoms with Crippen molar-refractivity contribution in [2.75, 3.05) is 6.61 Å². The molecule has 0 saturated carbocycles. The van der Waals surface area contributed by atoms with Gasteiger partial charge in [-0.25, -0.2) is 5.43 Å². The van der Waals surface area contributed by atoms with Crippen molar-refractivity contribution in [1.29, 1.82) is 0 Å². The minimum absolute atomic E-state index is 0. The van der Waals surface area contributed by atoms with Crippen LogP contribution in [-0.2, 0) is 24.3 Å². The van der Waals surface area contributed by atoms with Crippen LogP contribution in [0.4, 0.5) is 0 Å². The molecule has 0 aliphatic carbocycles. The summed E-state index contributed by atoms with van der Waals surface area (Å²) in [5.41, 5.74) is 4.05. The largest absolute Gasteiger partial charge is 2.00 e. The summed E-state index contributed by atoms with van der Waals surface area (Å²) in [5, 5.41) is 33.9. The maximum Gasteiger partial charge on any atom is 2.00 e.